The number of ether oxygens (including phenoxy) is 4. The molecule has 0 amide bonds. The molecule has 50 heavy (non-hydrogen) atoms. The van der Waals surface area contributed by atoms with Crippen LogP contribution in [0.4, 0.5) is 11.8 Å². The molecule has 23 nitrogen and oxygen atoms in total. The van der Waals surface area contributed by atoms with Gasteiger partial charge in [0, 0.05) is 33.4 Å². The number of hydrogen-bond donors (Lipinski definition) is 5. The van der Waals surface area contributed by atoms with E-state index in [0.717, 1.165) is 4.57 Å². The predicted octanol–water partition coefficient (Wildman–Crippen LogP) is -9.30. The maximum absolute atomic E-state index is 14.2. The van der Waals surface area contributed by atoms with Gasteiger partial charge in [0.25, 0.3) is 5.56 Å². The van der Waals surface area contributed by atoms with Crippen LogP contribution in [0.1, 0.15) is 18.9 Å². The van der Waals surface area contributed by atoms with Crippen molar-refractivity contribution in [1.29, 1.82) is 0 Å². The van der Waals surface area contributed by atoms with E-state index in [4.69, 9.17) is 39.5 Å². The predicted molar refractivity (Wildman–Crippen MR) is 157 cm³/mol. The quantitative estimate of drug-likeness (QED) is 0.0544. The monoisotopic (exact) mass is 767 g/mol. The van der Waals surface area contributed by atoms with E-state index in [2.05, 4.69) is 29.5 Å². The van der Waals surface area contributed by atoms with Crippen molar-refractivity contribution in [1.82, 2.24) is 34.2 Å². The summed E-state index contributed by atoms with van der Waals surface area (Å²) < 4.78 is 66.4. The normalized spacial score (nSPS) is 26.4. The minimum atomic E-state index is -5.53. The number of aliphatic hydroxyl groups excluding tert-OH is 1. The van der Waals surface area contributed by atoms with Crippen LogP contribution >= 0.6 is 15.6 Å². The molecule has 2 aliphatic heterocycles. The number of phosphoric acid groups is 1. The van der Waals surface area contributed by atoms with Gasteiger partial charge < -0.3 is 54.4 Å². The van der Waals surface area contributed by atoms with E-state index in [9.17, 15) is 33.6 Å². The minimum absolute atomic E-state index is 0. The number of rotatable bonds is 15. The van der Waals surface area contributed by atoms with Crippen LogP contribution in [0, 0.1) is 0 Å². The number of H-pyrrole nitrogens is 1. The van der Waals surface area contributed by atoms with E-state index in [-0.39, 0.29) is 102 Å². The molecule has 0 aromatic carbocycles. The standard InChI is InChI=1S/C23H35N9O14P2.2Na/c1-40-6-4-27-47(36,42-8-11-7-12(33)20(44-11)31-5-3-14(24)28-23(31)35)46-16-13(9-43-48(37,38)39)45-21(17(16)41-2)32-10-26-15-18(32)29-22(25)30-19(15)34;;/h3,5,10-13,16-17,20-21,33H,4,6-9H2,1-2H3,(H,27,36)(H2,24,28,35)(H2,37,38,39)(H3,25,29,30,34);;/q;2*+1/p-2/t11-,12+,13+,16+,17+,20+,21+,47+;;/m0../s1. The Balaban J connectivity index is 0.00000338. The van der Waals surface area contributed by atoms with Crippen LogP contribution in [0.15, 0.2) is 28.2 Å². The van der Waals surface area contributed by atoms with E-state index in [1.54, 1.807) is 0 Å². The molecule has 266 valence electrons. The molecular weight excluding hydrogens is 734 g/mol. The first-order chi connectivity index (χ1) is 22.7. The summed E-state index contributed by atoms with van der Waals surface area (Å²) in [6.45, 7) is -1.35. The summed E-state index contributed by atoms with van der Waals surface area (Å²) >= 11 is 0. The summed E-state index contributed by atoms with van der Waals surface area (Å²) in [6, 6.07) is 1.35. The van der Waals surface area contributed by atoms with Gasteiger partial charge in [-0.1, -0.05) is 0 Å². The maximum atomic E-state index is 14.2. The molecule has 8 atom stereocenters. The summed E-state index contributed by atoms with van der Waals surface area (Å²) in [7, 11) is -7.33. The van der Waals surface area contributed by atoms with Crippen LogP contribution in [0.25, 0.3) is 11.2 Å². The molecule has 0 radical (unpaired) electrons. The van der Waals surface area contributed by atoms with Crippen molar-refractivity contribution in [3.8, 4) is 0 Å². The topological polar surface area (TPSA) is 328 Å². The molecule has 5 rings (SSSR count). The molecule has 0 aliphatic carbocycles. The number of nitrogen functional groups attached to an aromatic ring is 2. The average molecular weight is 767 g/mol. The van der Waals surface area contributed by atoms with Crippen LogP contribution in [-0.4, -0.2) is 105 Å². The van der Waals surface area contributed by atoms with Crippen molar-refractivity contribution in [3.05, 3.63) is 39.4 Å². The smallest absolute Gasteiger partial charge is 0.790 e. The summed E-state index contributed by atoms with van der Waals surface area (Å²) in [6.07, 6.45) is -6.20. The molecule has 5 heterocycles. The Morgan fingerprint density at radius 1 is 1.08 bits per heavy atom. The molecule has 2 aliphatic rings. The zero-order chi connectivity index (χ0) is 34.8. The van der Waals surface area contributed by atoms with Gasteiger partial charge in [0.2, 0.25) is 5.95 Å². The minimum Gasteiger partial charge on any atom is -0.790 e. The number of hydrogen-bond acceptors (Lipinski definition) is 19. The van der Waals surface area contributed by atoms with E-state index in [1.807, 2.05) is 0 Å². The Morgan fingerprint density at radius 3 is 2.48 bits per heavy atom. The van der Waals surface area contributed by atoms with E-state index < -0.39 is 83.0 Å². The van der Waals surface area contributed by atoms with Gasteiger partial charge in [0.1, 0.15) is 30.2 Å². The van der Waals surface area contributed by atoms with Crippen LogP contribution < -0.4 is 96.7 Å². The Hall–Kier alpha value is -1.15. The van der Waals surface area contributed by atoms with Gasteiger partial charge in [-0.2, -0.15) is 9.97 Å². The van der Waals surface area contributed by atoms with E-state index in [0.29, 0.717) is 0 Å². The molecule has 2 fully saturated rings. The number of imidazole rings is 1. The second-order valence-corrected chi connectivity index (χ2v) is 13.5. The van der Waals surface area contributed by atoms with Crippen molar-refractivity contribution in [2.75, 3.05) is 52.1 Å². The van der Waals surface area contributed by atoms with Gasteiger partial charge in [-0.25, -0.2) is 19.4 Å². The van der Waals surface area contributed by atoms with Crippen LogP contribution in [0.5, 0.6) is 0 Å². The van der Waals surface area contributed by atoms with Gasteiger partial charge in [0.05, 0.1) is 40.1 Å². The Bertz CT molecular complexity index is 1810. The number of aromatic nitrogens is 6. The first kappa shape index (κ1) is 43.3. The number of aromatic amines is 1. The molecule has 3 aromatic rings. The van der Waals surface area contributed by atoms with Crippen LogP contribution in [-0.2, 0) is 41.6 Å². The average Bonchev–Trinajstić information content (AvgIpc) is 3.69. The van der Waals surface area contributed by atoms with Gasteiger partial charge in [-0.15, -0.1) is 0 Å². The first-order valence-corrected chi connectivity index (χ1v) is 17.1. The number of nitrogens with zero attached hydrogens (tertiary/aromatic N) is 5. The molecular formula is C23H33N9Na2O14P2. The Kier molecular flexibility index (Phi) is 15.8. The number of nitrogens with one attached hydrogen (secondary N) is 2. The third-order valence-corrected chi connectivity index (χ3v) is 9.36. The Morgan fingerprint density at radius 2 is 1.82 bits per heavy atom. The number of aliphatic hydroxyl groups is 1. The zero-order valence-electron chi connectivity index (χ0n) is 27.3. The molecule has 27 heteroatoms. The molecule has 0 spiro atoms. The number of phosphoric ester groups is 1. The molecule has 3 aromatic heterocycles. The Labute approximate surface area is 327 Å². The third-order valence-electron chi connectivity index (χ3n) is 7.27. The fraction of sp³-hybridized carbons (Fsp3) is 0.609. The van der Waals surface area contributed by atoms with E-state index >= 15 is 0 Å². The van der Waals surface area contributed by atoms with Gasteiger partial charge in [0.15, 0.2) is 23.6 Å². The second kappa shape index (κ2) is 18.3. The maximum Gasteiger partial charge on any atom is 1.00 e. The fourth-order valence-electron chi connectivity index (χ4n) is 5.18. The fourth-order valence-corrected chi connectivity index (χ4v) is 7.04. The van der Waals surface area contributed by atoms with Crippen molar-refractivity contribution in [3.63, 3.8) is 0 Å². The molecule has 0 saturated carbocycles. The first-order valence-electron chi connectivity index (χ1n) is 14.1. The molecule has 2 saturated heterocycles. The number of nitrogens with two attached hydrogens (primary N) is 2. The molecule has 0 bridgehead atoms. The SMILES string of the molecule is COCCN[P@@](=O)(OC[C@@H]1C[C@@H](O)[C@H](n2ccc(N)nc2=O)O1)O[C@H]1[C@@H](OC)[C@H](n2cnc3c(=O)[nH]c(N)nc32)O[C@@H]1COP(=O)([O-])[O-].[Na+].[Na+]. The van der Waals surface area contributed by atoms with E-state index in [1.165, 1.54) is 37.4 Å². The summed E-state index contributed by atoms with van der Waals surface area (Å²) in [4.78, 5) is 61.5. The second-order valence-electron chi connectivity index (χ2n) is 10.5. The van der Waals surface area contributed by atoms with Gasteiger partial charge >= 0.3 is 72.6 Å². The van der Waals surface area contributed by atoms with Gasteiger partial charge in [-0.3, -0.25) is 28.0 Å². The largest absolute Gasteiger partial charge is 1.00 e. The molecule has 0 unspecified atom stereocenters. The summed E-state index contributed by atoms with van der Waals surface area (Å²) in [5, 5.41) is 13.2. The van der Waals surface area contributed by atoms with Crippen LogP contribution in [0.2, 0.25) is 0 Å². The summed E-state index contributed by atoms with van der Waals surface area (Å²) in [5.41, 5.74) is 9.67. The number of methoxy groups -OCH3 is 2. The van der Waals surface area contributed by atoms with Crippen molar-refractivity contribution < 1.29 is 116 Å². The number of anilines is 2. The van der Waals surface area contributed by atoms with Crippen LogP contribution in [0.3, 0.4) is 0 Å². The van der Waals surface area contributed by atoms with Crippen molar-refractivity contribution >= 4 is 38.5 Å². The molecule has 7 N–H and O–H groups in total. The van der Waals surface area contributed by atoms with Crippen molar-refractivity contribution in [2.45, 2.75) is 49.4 Å². The number of fused-ring (bicyclic) bond motifs is 1. The summed E-state index contributed by atoms with van der Waals surface area (Å²) in [5.74, 6) is -0.268. The van der Waals surface area contributed by atoms with Crippen molar-refractivity contribution in [2.24, 2.45) is 0 Å². The zero-order valence-corrected chi connectivity index (χ0v) is 33.1. The third kappa shape index (κ3) is 10.3. The van der Waals surface area contributed by atoms with Gasteiger partial charge in [-0.05, 0) is 6.07 Å².